The normalized spacial score (nSPS) is 22.5. The van der Waals surface area contributed by atoms with Crippen LogP contribution in [0.15, 0.2) is 4.99 Å². The first-order valence-electron chi connectivity index (χ1n) is 9.75. The summed E-state index contributed by atoms with van der Waals surface area (Å²) in [5.74, 6) is 3.14. The summed E-state index contributed by atoms with van der Waals surface area (Å²) in [5, 5.41) is 11.3. The maximum Gasteiger partial charge on any atom is 0.211 e. The van der Waals surface area contributed by atoms with Crippen LogP contribution in [-0.4, -0.2) is 71.9 Å². The maximum atomic E-state index is 11.6. The number of hydrogen-bond donors (Lipinski definition) is 2. The quantitative estimate of drug-likeness (QED) is 0.541. The van der Waals surface area contributed by atoms with Gasteiger partial charge in [0.2, 0.25) is 10.0 Å². The monoisotopic (exact) mass is 397 g/mol. The Kier molecular flexibility index (Phi) is 6.36. The van der Waals surface area contributed by atoms with Gasteiger partial charge in [0.15, 0.2) is 5.96 Å². The molecule has 27 heavy (non-hydrogen) atoms. The lowest BCUT2D eigenvalue weighted by atomic mass is 9.98. The molecule has 0 radical (unpaired) electrons. The number of nitrogens with zero attached hydrogens (tertiary/aromatic N) is 5. The van der Waals surface area contributed by atoms with E-state index in [0.717, 1.165) is 56.4 Å². The van der Waals surface area contributed by atoms with E-state index < -0.39 is 10.0 Å². The average molecular weight is 398 g/mol. The summed E-state index contributed by atoms with van der Waals surface area (Å²) in [4.78, 5) is 9.21. The lowest BCUT2D eigenvalue weighted by Gasteiger charge is -2.30. The van der Waals surface area contributed by atoms with Gasteiger partial charge in [-0.2, -0.15) is 5.10 Å². The van der Waals surface area contributed by atoms with Crippen molar-refractivity contribution in [2.45, 2.75) is 52.1 Å². The van der Waals surface area contributed by atoms with Gasteiger partial charge in [-0.05, 0) is 39.0 Å². The fourth-order valence-corrected chi connectivity index (χ4v) is 4.58. The summed E-state index contributed by atoms with van der Waals surface area (Å²) >= 11 is 0. The first-order chi connectivity index (χ1) is 12.8. The van der Waals surface area contributed by atoms with Gasteiger partial charge in [0.05, 0.1) is 12.8 Å². The zero-order valence-electron chi connectivity index (χ0n) is 16.5. The molecule has 0 bridgehead atoms. The number of rotatable bonds is 5. The van der Waals surface area contributed by atoms with E-state index in [1.165, 1.54) is 6.26 Å². The molecule has 0 saturated carbocycles. The molecule has 3 rings (SSSR count). The van der Waals surface area contributed by atoms with Crippen LogP contribution in [0.4, 0.5) is 0 Å². The summed E-state index contributed by atoms with van der Waals surface area (Å²) < 4.78 is 26.8. The zero-order valence-corrected chi connectivity index (χ0v) is 17.3. The van der Waals surface area contributed by atoms with Gasteiger partial charge in [-0.25, -0.2) is 22.4 Å². The number of guanidine groups is 1. The van der Waals surface area contributed by atoms with Crippen molar-refractivity contribution in [1.29, 1.82) is 0 Å². The summed E-state index contributed by atoms with van der Waals surface area (Å²) in [6.07, 6.45) is 4.93. The highest BCUT2D eigenvalue weighted by atomic mass is 32.2. The molecule has 10 heteroatoms. The van der Waals surface area contributed by atoms with E-state index in [9.17, 15) is 8.42 Å². The third-order valence-electron chi connectivity index (χ3n) is 5.20. The fourth-order valence-electron chi connectivity index (χ4n) is 3.71. The van der Waals surface area contributed by atoms with Gasteiger partial charge < -0.3 is 10.6 Å². The summed E-state index contributed by atoms with van der Waals surface area (Å²) in [7, 11) is -3.07. The lowest BCUT2D eigenvalue weighted by molar-refractivity contribution is 0.280. The Hall–Kier alpha value is -1.68. The SMILES string of the molecule is CCNC(=NCC1CCN(S(C)(=O)=O)CC1)NC1CCc2nc(C)nn2C1. The fraction of sp³-hybridized carbons (Fsp3) is 0.824. The first kappa shape index (κ1) is 20.1. The third-order valence-corrected chi connectivity index (χ3v) is 6.50. The van der Waals surface area contributed by atoms with Crippen molar-refractivity contribution in [3.63, 3.8) is 0 Å². The third kappa shape index (κ3) is 5.41. The predicted molar refractivity (Wildman–Crippen MR) is 105 cm³/mol. The van der Waals surface area contributed by atoms with Crippen LogP contribution in [0.3, 0.4) is 0 Å². The molecular weight excluding hydrogens is 366 g/mol. The summed E-state index contributed by atoms with van der Waals surface area (Å²) in [5.41, 5.74) is 0. The van der Waals surface area contributed by atoms with Crippen molar-refractivity contribution in [2.75, 3.05) is 32.4 Å². The van der Waals surface area contributed by atoms with Crippen molar-refractivity contribution in [1.82, 2.24) is 29.7 Å². The van der Waals surface area contributed by atoms with E-state index in [0.29, 0.717) is 25.6 Å². The van der Waals surface area contributed by atoms with E-state index >= 15 is 0 Å². The highest BCUT2D eigenvalue weighted by molar-refractivity contribution is 7.88. The highest BCUT2D eigenvalue weighted by Crippen LogP contribution is 2.19. The maximum absolute atomic E-state index is 11.6. The van der Waals surface area contributed by atoms with Crippen molar-refractivity contribution in [2.24, 2.45) is 10.9 Å². The van der Waals surface area contributed by atoms with Crippen LogP contribution in [0.5, 0.6) is 0 Å². The van der Waals surface area contributed by atoms with Crippen LogP contribution in [0.1, 0.15) is 37.8 Å². The molecule has 1 aromatic heterocycles. The van der Waals surface area contributed by atoms with E-state index in [1.807, 2.05) is 11.6 Å². The summed E-state index contributed by atoms with van der Waals surface area (Å²) in [6, 6.07) is 0.281. The minimum atomic E-state index is -3.07. The average Bonchev–Trinajstić information content (AvgIpc) is 2.99. The topological polar surface area (TPSA) is 105 Å². The molecule has 1 atom stereocenters. The number of aliphatic imine (C=N–C) groups is 1. The van der Waals surface area contributed by atoms with Crippen LogP contribution in [0.25, 0.3) is 0 Å². The van der Waals surface area contributed by atoms with E-state index in [1.54, 1.807) is 4.31 Å². The molecule has 1 aromatic rings. The molecule has 2 aliphatic heterocycles. The Bertz CT molecular complexity index is 766. The van der Waals surface area contributed by atoms with Crippen molar-refractivity contribution >= 4 is 16.0 Å². The number of aromatic nitrogens is 3. The second-order valence-electron chi connectivity index (χ2n) is 7.46. The van der Waals surface area contributed by atoms with Crippen LogP contribution < -0.4 is 10.6 Å². The van der Waals surface area contributed by atoms with Gasteiger partial charge >= 0.3 is 0 Å². The molecule has 0 aliphatic carbocycles. The van der Waals surface area contributed by atoms with Crippen molar-refractivity contribution in [3.8, 4) is 0 Å². The Morgan fingerprint density at radius 2 is 2.04 bits per heavy atom. The number of aryl methyl sites for hydroxylation is 2. The Morgan fingerprint density at radius 3 is 2.70 bits per heavy atom. The highest BCUT2D eigenvalue weighted by Gasteiger charge is 2.25. The molecular formula is C17H31N7O2S. The van der Waals surface area contributed by atoms with Crippen LogP contribution in [0, 0.1) is 12.8 Å². The Labute approximate surface area is 161 Å². The molecule has 1 fully saturated rings. The van der Waals surface area contributed by atoms with Crippen molar-refractivity contribution < 1.29 is 8.42 Å². The smallest absolute Gasteiger partial charge is 0.211 e. The van der Waals surface area contributed by atoms with Gasteiger partial charge in [0.25, 0.3) is 0 Å². The van der Waals surface area contributed by atoms with Gasteiger partial charge in [-0.3, -0.25) is 4.99 Å². The molecule has 3 heterocycles. The van der Waals surface area contributed by atoms with Crippen LogP contribution in [-0.2, 0) is 23.0 Å². The lowest BCUT2D eigenvalue weighted by Crippen LogP contribution is -2.47. The summed E-state index contributed by atoms with van der Waals surface area (Å²) in [6.45, 7) is 7.50. The molecule has 1 saturated heterocycles. The predicted octanol–water partition coefficient (Wildman–Crippen LogP) is 0.128. The number of sulfonamides is 1. The van der Waals surface area contributed by atoms with E-state index in [4.69, 9.17) is 4.99 Å². The van der Waals surface area contributed by atoms with Gasteiger partial charge in [-0.1, -0.05) is 0 Å². The molecule has 9 nitrogen and oxygen atoms in total. The first-order valence-corrected chi connectivity index (χ1v) is 11.6. The minimum absolute atomic E-state index is 0.281. The van der Waals surface area contributed by atoms with Gasteiger partial charge in [-0.15, -0.1) is 0 Å². The second-order valence-corrected chi connectivity index (χ2v) is 9.44. The molecule has 0 spiro atoms. The van der Waals surface area contributed by atoms with Crippen LogP contribution in [0.2, 0.25) is 0 Å². The standard InChI is InChI=1S/C17H31N7O2S/c1-4-18-17(19-11-14-7-9-23(10-8-14)27(3,25)26)21-15-5-6-16-20-13(2)22-24(16)12-15/h14-15H,4-12H2,1-3H3,(H2,18,19,21). The molecule has 2 N–H and O–H groups in total. The largest absolute Gasteiger partial charge is 0.357 e. The number of nitrogens with one attached hydrogen (secondary N) is 2. The molecule has 0 amide bonds. The molecule has 0 aromatic carbocycles. The second kappa shape index (κ2) is 8.55. The number of hydrogen-bond acceptors (Lipinski definition) is 5. The molecule has 2 aliphatic rings. The number of fused-ring (bicyclic) bond motifs is 1. The van der Waals surface area contributed by atoms with Crippen molar-refractivity contribution in [3.05, 3.63) is 11.6 Å². The van der Waals surface area contributed by atoms with Gasteiger partial charge in [0.1, 0.15) is 11.6 Å². The van der Waals surface area contributed by atoms with E-state index in [-0.39, 0.29) is 6.04 Å². The van der Waals surface area contributed by atoms with Gasteiger partial charge in [0, 0.05) is 38.6 Å². The molecule has 152 valence electrons. The zero-order chi connectivity index (χ0) is 19.4. The minimum Gasteiger partial charge on any atom is -0.357 e. The van der Waals surface area contributed by atoms with E-state index in [2.05, 4.69) is 27.6 Å². The molecule has 1 unspecified atom stereocenters. The number of piperidine rings is 1. The van der Waals surface area contributed by atoms with Crippen LogP contribution >= 0.6 is 0 Å². The Balaban J connectivity index is 1.53. The Morgan fingerprint density at radius 1 is 1.30 bits per heavy atom.